The summed E-state index contributed by atoms with van der Waals surface area (Å²) in [5.74, 6) is -1.80. The third kappa shape index (κ3) is 6.85. The van der Waals surface area contributed by atoms with E-state index in [0.717, 1.165) is 18.2 Å². The van der Waals surface area contributed by atoms with Crippen LogP contribution in [0.5, 0.6) is 11.5 Å². The van der Waals surface area contributed by atoms with Crippen LogP contribution in [-0.2, 0) is 4.79 Å². The minimum absolute atomic E-state index is 0.0982. The number of carbonyl (C=O) groups is 1. The Morgan fingerprint density at radius 2 is 2.00 bits per heavy atom. The summed E-state index contributed by atoms with van der Waals surface area (Å²) in [4.78, 5) is 24.4. The molecule has 12 heteroatoms. The van der Waals surface area contributed by atoms with E-state index in [9.17, 15) is 13.6 Å². The molecule has 2 N–H and O–H groups in total. The summed E-state index contributed by atoms with van der Waals surface area (Å²) in [5, 5.41) is 5.51. The largest absolute Gasteiger partial charge is 0.487 e. The van der Waals surface area contributed by atoms with Gasteiger partial charge >= 0.3 is 0 Å². The fourth-order valence-electron chi connectivity index (χ4n) is 3.69. The van der Waals surface area contributed by atoms with Gasteiger partial charge in [-0.15, -0.1) is 0 Å². The summed E-state index contributed by atoms with van der Waals surface area (Å²) in [6.07, 6.45) is 4.25. The Bertz CT molecular complexity index is 1430. The minimum Gasteiger partial charge on any atom is -0.487 e. The van der Waals surface area contributed by atoms with Crippen LogP contribution >= 0.6 is 0 Å². The van der Waals surface area contributed by atoms with Gasteiger partial charge in [-0.3, -0.25) is 4.79 Å². The van der Waals surface area contributed by atoms with Crippen molar-refractivity contribution < 1.29 is 27.4 Å². The molecule has 4 rings (SSSR count). The van der Waals surface area contributed by atoms with Crippen molar-refractivity contribution in [1.29, 1.82) is 0 Å². The molecule has 1 aromatic heterocycles. The van der Waals surface area contributed by atoms with Crippen molar-refractivity contribution in [2.24, 2.45) is 0 Å². The molecule has 0 atom stereocenters. The number of halogens is 3. The highest BCUT2D eigenvalue weighted by atomic mass is 19.1. The molecule has 0 fully saturated rings. The Morgan fingerprint density at radius 3 is 2.72 bits per heavy atom. The zero-order valence-electron chi connectivity index (χ0n) is 21.6. The van der Waals surface area contributed by atoms with Crippen LogP contribution in [0.25, 0.3) is 6.08 Å². The topological polar surface area (TPSA) is 91.8 Å². The summed E-state index contributed by atoms with van der Waals surface area (Å²) in [6.45, 7) is 4.44. The van der Waals surface area contributed by atoms with Gasteiger partial charge in [-0.2, -0.15) is 4.98 Å². The molecule has 0 bridgehead atoms. The molecule has 0 aliphatic carbocycles. The Kier molecular flexibility index (Phi) is 8.35. The lowest BCUT2D eigenvalue weighted by molar-refractivity contribution is -0.111. The number of ether oxygens (including phenoxy) is 2. The van der Waals surface area contributed by atoms with Gasteiger partial charge < -0.3 is 29.9 Å². The highest BCUT2D eigenvalue weighted by Crippen LogP contribution is 2.34. The van der Waals surface area contributed by atoms with E-state index >= 15 is 4.39 Å². The van der Waals surface area contributed by atoms with Crippen LogP contribution < -0.4 is 25.0 Å². The minimum atomic E-state index is -0.815. The van der Waals surface area contributed by atoms with Gasteiger partial charge in [0.25, 0.3) is 0 Å². The number of fused-ring (bicyclic) bond motifs is 1. The van der Waals surface area contributed by atoms with Gasteiger partial charge in [0.2, 0.25) is 11.9 Å². The summed E-state index contributed by atoms with van der Waals surface area (Å²) in [7, 11) is 5.48. The van der Waals surface area contributed by atoms with Crippen LogP contribution in [0.2, 0.25) is 0 Å². The molecule has 2 aromatic carbocycles. The normalized spacial score (nSPS) is 12.5. The number of amides is 1. The molecule has 0 saturated carbocycles. The lowest BCUT2D eigenvalue weighted by Crippen LogP contribution is -2.27. The van der Waals surface area contributed by atoms with Crippen molar-refractivity contribution in [3.63, 3.8) is 0 Å². The maximum atomic E-state index is 15.0. The number of hydrogen-bond acceptors (Lipinski definition) is 8. The number of benzene rings is 2. The van der Waals surface area contributed by atoms with E-state index in [-0.39, 0.29) is 42.0 Å². The molecule has 3 aromatic rings. The highest BCUT2D eigenvalue weighted by Gasteiger charge is 2.21. The predicted molar refractivity (Wildman–Crippen MR) is 143 cm³/mol. The second kappa shape index (κ2) is 11.9. The third-order valence-corrected chi connectivity index (χ3v) is 5.53. The van der Waals surface area contributed by atoms with Crippen molar-refractivity contribution in [3.8, 4) is 11.5 Å². The maximum Gasteiger partial charge on any atom is 0.247 e. The molecule has 39 heavy (non-hydrogen) atoms. The standard InChI is InChI=1S/C27H27F3N6O3/c1-5-24(37)33-22-13-18(12-21(30)25(22)38-9-8-35(2)3)32-27-31-14-16-10-19(15-36(4)26(16)34-27)39-23-7-6-17(28)11-20(23)29/h5-7,10-14H,1,8-9,15H2,2-4H3,(H,33,37)(H,31,32,34). The fourth-order valence-corrected chi connectivity index (χ4v) is 3.69. The second-order valence-electron chi connectivity index (χ2n) is 8.92. The van der Waals surface area contributed by atoms with E-state index < -0.39 is 23.4 Å². The first-order chi connectivity index (χ1) is 18.6. The molecule has 9 nitrogen and oxygen atoms in total. The van der Waals surface area contributed by atoms with Gasteiger partial charge in [-0.1, -0.05) is 6.58 Å². The average Bonchev–Trinajstić information content (AvgIpc) is 2.87. The van der Waals surface area contributed by atoms with Crippen molar-refractivity contribution in [2.45, 2.75) is 0 Å². The zero-order valence-corrected chi connectivity index (χ0v) is 21.6. The van der Waals surface area contributed by atoms with E-state index in [4.69, 9.17) is 9.47 Å². The van der Waals surface area contributed by atoms with E-state index in [1.54, 1.807) is 18.0 Å². The van der Waals surface area contributed by atoms with E-state index in [2.05, 4.69) is 27.2 Å². The van der Waals surface area contributed by atoms with Gasteiger partial charge in [0.1, 0.15) is 24.0 Å². The molecule has 1 amide bonds. The highest BCUT2D eigenvalue weighted by molar-refractivity contribution is 6.00. The summed E-state index contributed by atoms with van der Waals surface area (Å²) in [6, 6.07) is 5.79. The molecule has 204 valence electrons. The first-order valence-electron chi connectivity index (χ1n) is 11.9. The van der Waals surface area contributed by atoms with Crippen LogP contribution in [0.4, 0.5) is 36.3 Å². The van der Waals surface area contributed by atoms with Crippen molar-refractivity contribution >= 4 is 35.1 Å². The average molecular weight is 541 g/mol. The van der Waals surface area contributed by atoms with E-state index in [1.807, 2.05) is 19.0 Å². The van der Waals surface area contributed by atoms with E-state index in [1.165, 1.54) is 24.4 Å². The van der Waals surface area contributed by atoms with Crippen LogP contribution in [-0.4, -0.2) is 61.6 Å². The Morgan fingerprint density at radius 1 is 1.21 bits per heavy atom. The molecule has 1 aliphatic rings. The summed E-state index contributed by atoms with van der Waals surface area (Å²) >= 11 is 0. The quantitative estimate of drug-likeness (QED) is 0.362. The number of rotatable bonds is 10. The molecule has 0 unspecified atom stereocenters. The first-order valence-corrected chi connectivity index (χ1v) is 11.9. The number of likely N-dealkylation sites (N-methyl/N-ethyl adjacent to an activating group) is 2. The van der Waals surface area contributed by atoms with Gasteiger partial charge in [-0.05, 0) is 44.4 Å². The van der Waals surface area contributed by atoms with Crippen LogP contribution in [0.1, 0.15) is 5.56 Å². The molecule has 0 radical (unpaired) electrons. The van der Waals surface area contributed by atoms with Crippen LogP contribution in [0.3, 0.4) is 0 Å². The molecule has 1 aliphatic heterocycles. The van der Waals surface area contributed by atoms with Gasteiger partial charge in [-0.25, -0.2) is 18.2 Å². The Labute approximate surface area is 223 Å². The first kappa shape index (κ1) is 27.5. The van der Waals surface area contributed by atoms with Crippen LogP contribution in [0, 0.1) is 17.5 Å². The SMILES string of the molecule is C=CC(=O)Nc1cc(Nc2ncc3c(n2)N(C)CC(Oc2ccc(F)cc2F)=C3)cc(F)c1OCCN(C)C. The van der Waals surface area contributed by atoms with Crippen LogP contribution in [0.15, 0.2) is 54.9 Å². The monoisotopic (exact) mass is 540 g/mol. The van der Waals surface area contributed by atoms with Gasteiger partial charge in [0.15, 0.2) is 23.1 Å². The Balaban J connectivity index is 1.56. The lowest BCUT2D eigenvalue weighted by atomic mass is 10.2. The molecule has 2 heterocycles. The maximum absolute atomic E-state index is 15.0. The second-order valence-corrected chi connectivity index (χ2v) is 8.92. The summed E-state index contributed by atoms with van der Waals surface area (Å²) in [5.41, 5.74) is 0.993. The lowest BCUT2D eigenvalue weighted by Gasteiger charge is -2.26. The van der Waals surface area contributed by atoms with Crippen molar-refractivity contribution in [2.75, 3.05) is 56.4 Å². The number of hydrogen-bond donors (Lipinski definition) is 2. The number of nitrogens with one attached hydrogen (secondary N) is 2. The van der Waals surface area contributed by atoms with Crippen molar-refractivity contribution in [1.82, 2.24) is 14.9 Å². The molecule has 0 spiro atoms. The van der Waals surface area contributed by atoms with Crippen molar-refractivity contribution in [3.05, 3.63) is 78.0 Å². The molecule has 0 saturated heterocycles. The van der Waals surface area contributed by atoms with Gasteiger partial charge in [0, 0.05) is 43.2 Å². The number of aromatic nitrogens is 2. The summed E-state index contributed by atoms with van der Waals surface area (Å²) < 4.78 is 53.5. The smallest absolute Gasteiger partial charge is 0.247 e. The third-order valence-electron chi connectivity index (χ3n) is 5.53. The molecular formula is C27H27F3N6O3. The number of carbonyl (C=O) groups excluding carboxylic acids is 1. The van der Waals surface area contributed by atoms with Gasteiger partial charge in [0.05, 0.1) is 12.2 Å². The fraction of sp³-hybridized carbons (Fsp3) is 0.222. The number of anilines is 4. The number of nitrogens with zero attached hydrogens (tertiary/aromatic N) is 4. The Hall–Kier alpha value is -4.58. The predicted octanol–water partition coefficient (Wildman–Crippen LogP) is 4.57. The zero-order chi connectivity index (χ0) is 28.1. The van der Waals surface area contributed by atoms with E-state index in [0.29, 0.717) is 23.7 Å². The molecular weight excluding hydrogens is 513 g/mol.